The van der Waals surface area contributed by atoms with Crippen LogP contribution >= 0.6 is 0 Å². The van der Waals surface area contributed by atoms with Crippen LogP contribution < -0.4 is 56.7 Å². The number of rotatable bonds is 3. The second-order valence-electron chi connectivity index (χ2n) is 3.50. The summed E-state index contributed by atoms with van der Waals surface area (Å²) >= 11 is 0. The van der Waals surface area contributed by atoms with Crippen LogP contribution in [-0.4, -0.2) is 66.0 Å². The molecule has 84 valence electrons. The zero-order chi connectivity index (χ0) is 10.7. The Hall–Kier alpha value is 1.37. The van der Waals surface area contributed by atoms with Crippen LogP contribution in [-0.2, 0) is 0 Å². The number of nitrogens with zero attached hydrogens (tertiary/aromatic N) is 1. The summed E-state index contributed by atoms with van der Waals surface area (Å²) in [6, 6.07) is -1.33. The van der Waals surface area contributed by atoms with Gasteiger partial charge in [-0.2, -0.15) is 7.05 Å². The molecule has 15 heavy (non-hydrogen) atoms. The van der Waals surface area contributed by atoms with Gasteiger partial charge in [0.25, 0.3) is 0 Å². The van der Waals surface area contributed by atoms with E-state index in [1.54, 1.807) is 7.05 Å². The molecule has 1 saturated heterocycles. The van der Waals surface area contributed by atoms with Crippen molar-refractivity contribution in [1.29, 1.82) is 0 Å². The summed E-state index contributed by atoms with van der Waals surface area (Å²) in [5.41, 5.74) is 0. The Morgan fingerprint density at radius 3 is 2.13 bits per heavy atom. The number of nitrogens with one attached hydrogen (secondary N) is 1. The first-order valence-corrected chi connectivity index (χ1v) is 4.53. The molecule has 3 unspecified atom stereocenters. The molecular weight excluding hydrogens is 230 g/mol. The standard InChI is InChI=1S/C8H16FN2O3.K/c1-10-3-5-7(13)8(14)6(12)4(2-9)11-5;/h4-8,11-14H,2-3H2,1H3;/q-1;+1/t4?,5-,6-,7?,8?;/m1./s1. The minimum absolute atomic E-state index is 0. The second kappa shape index (κ2) is 7.65. The van der Waals surface area contributed by atoms with Crippen LogP contribution in [0.5, 0.6) is 0 Å². The fourth-order valence-electron chi connectivity index (χ4n) is 1.64. The van der Waals surface area contributed by atoms with Gasteiger partial charge in [0.15, 0.2) is 0 Å². The van der Waals surface area contributed by atoms with Crippen molar-refractivity contribution < 1.29 is 71.1 Å². The molecule has 0 aromatic carbocycles. The average molecular weight is 246 g/mol. The normalized spacial score (nSPS) is 41.0. The molecule has 0 spiro atoms. The molecule has 0 amide bonds. The van der Waals surface area contributed by atoms with Gasteiger partial charge in [0, 0.05) is 6.04 Å². The number of alkyl halides is 1. The maximum Gasteiger partial charge on any atom is 1.00 e. The Balaban J connectivity index is 0.00000196. The minimum Gasteiger partial charge on any atom is -0.664 e. The van der Waals surface area contributed by atoms with Gasteiger partial charge < -0.3 is 26.0 Å². The maximum absolute atomic E-state index is 12.4. The summed E-state index contributed by atoms with van der Waals surface area (Å²) in [6.45, 7) is -0.507. The third kappa shape index (κ3) is 3.95. The summed E-state index contributed by atoms with van der Waals surface area (Å²) in [5, 5.41) is 34.8. The molecule has 1 aliphatic heterocycles. The van der Waals surface area contributed by atoms with Crippen molar-refractivity contribution >= 4 is 0 Å². The van der Waals surface area contributed by atoms with E-state index in [0.717, 1.165) is 0 Å². The molecule has 0 aromatic heterocycles. The first-order valence-electron chi connectivity index (χ1n) is 4.53. The molecular formula is C8H16FKN2O3. The monoisotopic (exact) mass is 246 g/mol. The van der Waals surface area contributed by atoms with E-state index < -0.39 is 37.1 Å². The molecule has 4 N–H and O–H groups in total. The van der Waals surface area contributed by atoms with Crippen molar-refractivity contribution in [1.82, 2.24) is 5.32 Å². The van der Waals surface area contributed by atoms with Gasteiger partial charge in [0.05, 0.1) is 12.1 Å². The van der Waals surface area contributed by atoms with Crippen molar-refractivity contribution in [2.75, 3.05) is 20.3 Å². The van der Waals surface area contributed by atoms with E-state index in [4.69, 9.17) is 0 Å². The molecule has 5 atom stereocenters. The third-order valence-corrected chi connectivity index (χ3v) is 2.50. The number of likely N-dealkylation sites (N-methyl/N-ethyl adjacent to an activating group) is 1. The van der Waals surface area contributed by atoms with Crippen LogP contribution in [0.4, 0.5) is 4.39 Å². The molecule has 1 rings (SSSR count). The molecule has 7 heteroatoms. The van der Waals surface area contributed by atoms with Crippen LogP contribution in [0.15, 0.2) is 0 Å². The van der Waals surface area contributed by atoms with Gasteiger partial charge >= 0.3 is 51.4 Å². The fourth-order valence-corrected chi connectivity index (χ4v) is 1.64. The van der Waals surface area contributed by atoms with Crippen LogP contribution in [0.25, 0.3) is 5.32 Å². The number of aliphatic hydroxyl groups is 3. The third-order valence-electron chi connectivity index (χ3n) is 2.50. The Labute approximate surface area is 131 Å². The van der Waals surface area contributed by atoms with E-state index in [2.05, 4.69) is 10.6 Å². The summed E-state index contributed by atoms with van der Waals surface area (Å²) in [7, 11) is 1.57. The van der Waals surface area contributed by atoms with Gasteiger partial charge in [-0.1, -0.05) is 0 Å². The van der Waals surface area contributed by atoms with E-state index in [-0.39, 0.29) is 57.9 Å². The summed E-state index contributed by atoms with van der Waals surface area (Å²) in [4.78, 5) is 0. The molecule has 5 nitrogen and oxygen atoms in total. The van der Waals surface area contributed by atoms with Crippen LogP contribution in [0.2, 0.25) is 0 Å². The van der Waals surface area contributed by atoms with Crippen LogP contribution in [0.3, 0.4) is 0 Å². The van der Waals surface area contributed by atoms with Gasteiger partial charge in [-0.3, -0.25) is 0 Å². The van der Waals surface area contributed by atoms with E-state index in [1.165, 1.54) is 0 Å². The Bertz CT molecular complexity index is 185. The number of hydrogen-bond donors (Lipinski definition) is 4. The minimum atomic E-state index is -1.32. The number of aliphatic hydroxyl groups excluding tert-OH is 3. The average Bonchev–Trinajstić information content (AvgIpc) is 2.19. The van der Waals surface area contributed by atoms with Crippen molar-refractivity contribution in [2.45, 2.75) is 30.4 Å². The Morgan fingerprint density at radius 1 is 1.13 bits per heavy atom. The van der Waals surface area contributed by atoms with Gasteiger partial charge in [-0.25, -0.2) is 4.39 Å². The van der Waals surface area contributed by atoms with Crippen molar-refractivity contribution in [3.05, 3.63) is 5.32 Å². The molecule has 0 aromatic rings. The molecule has 0 aliphatic carbocycles. The van der Waals surface area contributed by atoms with Crippen molar-refractivity contribution in [3.63, 3.8) is 0 Å². The molecule has 1 aliphatic rings. The number of hydrogen-bond acceptors (Lipinski definition) is 4. The fraction of sp³-hybridized carbons (Fsp3) is 1.00. The van der Waals surface area contributed by atoms with Gasteiger partial charge in [-0.15, -0.1) is 6.54 Å². The smallest absolute Gasteiger partial charge is 0.664 e. The summed E-state index contributed by atoms with van der Waals surface area (Å²) in [5.74, 6) is 0. The van der Waals surface area contributed by atoms with E-state index >= 15 is 0 Å². The van der Waals surface area contributed by atoms with Crippen LogP contribution in [0, 0.1) is 0 Å². The second-order valence-corrected chi connectivity index (χ2v) is 3.50. The SMILES string of the molecule is C[N-]C[C@H]1NC(CF)[C@@H](O)C(O)C1O.[K+]. The van der Waals surface area contributed by atoms with Gasteiger partial charge in [0.1, 0.15) is 18.9 Å². The largest absolute Gasteiger partial charge is 1.00 e. The molecule has 0 bridgehead atoms. The quantitative estimate of drug-likeness (QED) is 0.377. The first kappa shape index (κ1) is 16.4. The van der Waals surface area contributed by atoms with Gasteiger partial charge in [0.2, 0.25) is 0 Å². The Kier molecular flexibility index (Phi) is 8.34. The zero-order valence-corrected chi connectivity index (χ0v) is 12.1. The molecule has 1 heterocycles. The van der Waals surface area contributed by atoms with Crippen LogP contribution in [0.1, 0.15) is 0 Å². The van der Waals surface area contributed by atoms with E-state index in [9.17, 15) is 19.7 Å². The summed E-state index contributed by atoms with van der Waals surface area (Å²) in [6.07, 6.45) is -3.71. The predicted molar refractivity (Wildman–Crippen MR) is 48.9 cm³/mol. The Morgan fingerprint density at radius 2 is 1.67 bits per heavy atom. The number of halogens is 1. The topological polar surface area (TPSA) is 86.8 Å². The maximum atomic E-state index is 12.4. The number of piperidine rings is 1. The van der Waals surface area contributed by atoms with Crippen molar-refractivity contribution in [2.24, 2.45) is 0 Å². The molecule has 1 fully saturated rings. The van der Waals surface area contributed by atoms with Gasteiger partial charge in [-0.05, 0) is 0 Å². The zero-order valence-electron chi connectivity index (χ0n) is 8.97. The summed E-state index contributed by atoms with van der Waals surface area (Å²) < 4.78 is 12.4. The van der Waals surface area contributed by atoms with E-state index in [1.807, 2.05) is 0 Å². The molecule has 0 radical (unpaired) electrons. The predicted octanol–water partition coefficient (Wildman–Crippen LogP) is -4.61. The van der Waals surface area contributed by atoms with Crippen molar-refractivity contribution in [3.8, 4) is 0 Å². The van der Waals surface area contributed by atoms with E-state index in [0.29, 0.717) is 0 Å². The molecule has 0 saturated carbocycles. The first-order chi connectivity index (χ1) is 6.61.